The molecule has 0 fully saturated rings. The van der Waals surface area contributed by atoms with Gasteiger partial charge < -0.3 is 10.3 Å². The van der Waals surface area contributed by atoms with Gasteiger partial charge in [-0.1, -0.05) is 36.5 Å². The number of anilines is 1. The maximum atomic E-state index is 12.6. The fourth-order valence-corrected chi connectivity index (χ4v) is 4.40. The summed E-state index contributed by atoms with van der Waals surface area (Å²) >= 11 is 0. The van der Waals surface area contributed by atoms with Gasteiger partial charge >= 0.3 is 0 Å². The maximum absolute atomic E-state index is 12.6. The first kappa shape index (κ1) is 13.0. The smallest absolute Gasteiger partial charge is 0.259 e. The van der Waals surface area contributed by atoms with Crippen molar-refractivity contribution in [2.75, 3.05) is 5.32 Å². The highest BCUT2D eigenvalue weighted by Crippen LogP contribution is 2.35. The number of benzene rings is 1. The first-order chi connectivity index (χ1) is 12.2. The van der Waals surface area contributed by atoms with Crippen molar-refractivity contribution in [3.63, 3.8) is 0 Å². The molecule has 2 aromatic rings. The molecule has 5 heteroatoms. The summed E-state index contributed by atoms with van der Waals surface area (Å²) in [6.07, 6.45) is 14.9. The Morgan fingerprint density at radius 1 is 1.04 bits per heavy atom. The highest BCUT2D eigenvalue weighted by molar-refractivity contribution is 6.29. The van der Waals surface area contributed by atoms with Gasteiger partial charge in [0, 0.05) is 16.0 Å². The van der Waals surface area contributed by atoms with Crippen LogP contribution in [0.15, 0.2) is 36.5 Å². The first-order valence-corrected chi connectivity index (χ1v) is 8.32. The van der Waals surface area contributed by atoms with Gasteiger partial charge in [-0.3, -0.25) is 14.9 Å². The minimum Gasteiger partial charge on any atom is -0.372 e. The van der Waals surface area contributed by atoms with Crippen LogP contribution in [0.2, 0.25) is 0 Å². The van der Waals surface area contributed by atoms with Crippen LogP contribution in [0, 0.1) is 0 Å². The number of rotatable bonds is 0. The summed E-state index contributed by atoms with van der Waals surface area (Å²) in [4.78, 5) is 28.7. The molecule has 2 aliphatic carbocycles. The SMILES string of the molecule is O=C1NC(=O)c2c1c1c(c3[nH]c4c(c23)CC=CC=4)NC2C=CC=CC=12. The zero-order valence-corrected chi connectivity index (χ0v) is 13.1. The normalized spacial score (nSPS) is 21.6. The summed E-state index contributed by atoms with van der Waals surface area (Å²) < 4.78 is 0. The lowest BCUT2D eigenvalue weighted by atomic mass is 9.94. The van der Waals surface area contributed by atoms with Crippen molar-refractivity contribution in [1.82, 2.24) is 10.3 Å². The van der Waals surface area contributed by atoms with Gasteiger partial charge in [0.1, 0.15) is 0 Å². The highest BCUT2D eigenvalue weighted by atomic mass is 16.2. The number of fused-ring (bicyclic) bond motifs is 9. The Balaban J connectivity index is 1.90. The summed E-state index contributed by atoms with van der Waals surface area (Å²) in [6.45, 7) is 0. The zero-order valence-electron chi connectivity index (χ0n) is 13.1. The molecule has 1 atom stereocenters. The number of aromatic amines is 1. The van der Waals surface area contributed by atoms with Crippen molar-refractivity contribution in [2.24, 2.45) is 0 Å². The van der Waals surface area contributed by atoms with Crippen LogP contribution in [-0.4, -0.2) is 22.8 Å². The average molecular weight is 327 g/mol. The number of amides is 2. The third-order valence-electron chi connectivity index (χ3n) is 5.40. The van der Waals surface area contributed by atoms with E-state index in [2.05, 4.69) is 27.8 Å². The lowest BCUT2D eigenvalue weighted by Gasteiger charge is -2.12. The number of allylic oxidation sites excluding steroid dienone is 4. The minimum atomic E-state index is -0.304. The van der Waals surface area contributed by atoms with E-state index in [1.54, 1.807) is 0 Å². The molecule has 25 heavy (non-hydrogen) atoms. The Labute approximate surface area is 142 Å². The molecule has 0 radical (unpaired) electrons. The average Bonchev–Trinajstić information content (AvgIpc) is 3.26. The number of H-pyrrole nitrogens is 1. The third-order valence-corrected chi connectivity index (χ3v) is 5.40. The Bertz CT molecular complexity index is 1250. The number of carbonyl (C=O) groups is 2. The second-order valence-corrected chi connectivity index (χ2v) is 6.67. The summed E-state index contributed by atoms with van der Waals surface area (Å²) in [5.41, 5.74) is 4.96. The number of carbonyl (C=O) groups excluding carboxylic acids is 2. The van der Waals surface area contributed by atoms with Gasteiger partial charge in [0.2, 0.25) is 0 Å². The van der Waals surface area contributed by atoms with Gasteiger partial charge in [0.15, 0.2) is 0 Å². The first-order valence-electron chi connectivity index (χ1n) is 8.32. The molecule has 0 saturated heterocycles. The van der Waals surface area contributed by atoms with Crippen molar-refractivity contribution in [2.45, 2.75) is 12.5 Å². The molecule has 3 N–H and O–H groups in total. The summed E-state index contributed by atoms with van der Waals surface area (Å²) in [5.74, 6) is -0.607. The number of imide groups is 1. The number of aromatic nitrogens is 1. The summed E-state index contributed by atoms with van der Waals surface area (Å²) in [7, 11) is 0. The van der Waals surface area contributed by atoms with E-state index in [1.807, 2.05) is 30.4 Å². The van der Waals surface area contributed by atoms with Crippen molar-refractivity contribution in [1.29, 1.82) is 0 Å². The van der Waals surface area contributed by atoms with Gasteiger partial charge in [0.05, 0.1) is 28.4 Å². The van der Waals surface area contributed by atoms with Crippen molar-refractivity contribution < 1.29 is 9.59 Å². The fraction of sp³-hybridized carbons (Fsp3) is 0.100. The molecule has 5 nitrogen and oxygen atoms in total. The van der Waals surface area contributed by atoms with Crippen LogP contribution < -0.4 is 21.2 Å². The molecule has 120 valence electrons. The molecular formula is C20H13N3O2. The second kappa shape index (κ2) is 4.19. The molecule has 4 aliphatic rings. The number of hydrogen-bond donors (Lipinski definition) is 3. The molecular weight excluding hydrogens is 314 g/mol. The summed E-state index contributed by atoms with van der Waals surface area (Å²) in [5, 5.41) is 8.74. The lowest BCUT2D eigenvalue weighted by molar-refractivity contribution is 0.0880. The van der Waals surface area contributed by atoms with Crippen LogP contribution in [0.5, 0.6) is 0 Å². The molecule has 6 rings (SSSR count). The fourth-order valence-electron chi connectivity index (χ4n) is 4.40. The monoisotopic (exact) mass is 327 g/mol. The zero-order chi connectivity index (χ0) is 16.7. The van der Waals surface area contributed by atoms with E-state index in [0.717, 1.165) is 44.7 Å². The van der Waals surface area contributed by atoms with Crippen molar-refractivity contribution in [3.8, 4) is 0 Å². The highest BCUT2D eigenvalue weighted by Gasteiger charge is 2.37. The topological polar surface area (TPSA) is 74.0 Å². The lowest BCUT2D eigenvalue weighted by Crippen LogP contribution is -2.23. The molecule has 1 aromatic carbocycles. The summed E-state index contributed by atoms with van der Waals surface area (Å²) in [6, 6.07) is 0.0284. The van der Waals surface area contributed by atoms with Crippen LogP contribution in [0.3, 0.4) is 0 Å². The van der Waals surface area contributed by atoms with Crippen molar-refractivity contribution in [3.05, 3.63) is 63.7 Å². The molecule has 2 aliphatic heterocycles. The van der Waals surface area contributed by atoms with Gasteiger partial charge in [-0.15, -0.1) is 0 Å². The molecule has 1 aromatic heterocycles. The van der Waals surface area contributed by atoms with Crippen LogP contribution in [0.25, 0.3) is 22.6 Å². The molecule has 3 heterocycles. The predicted molar refractivity (Wildman–Crippen MR) is 95.8 cm³/mol. The van der Waals surface area contributed by atoms with Crippen LogP contribution in [0.1, 0.15) is 26.3 Å². The Morgan fingerprint density at radius 3 is 2.84 bits per heavy atom. The third kappa shape index (κ3) is 1.44. The minimum absolute atomic E-state index is 0.0284. The van der Waals surface area contributed by atoms with E-state index < -0.39 is 0 Å². The molecule has 0 spiro atoms. The van der Waals surface area contributed by atoms with Gasteiger partial charge in [-0.2, -0.15) is 0 Å². The van der Waals surface area contributed by atoms with Gasteiger partial charge in [-0.05, 0) is 23.6 Å². The Hall–Kier alpha value is -3.34. The van der Waals surface area contributed by atoms with E-state index >= 15 is 0 Å². The van der Waals surface area contributed by atoms with Crippen molar-refractivity contribution >= 4 is 40.1 Å². The number of hydrogen-bond acceptors (Lipinski definition) is 3. The van der Waals surface area contributed by atoms with E-state index in [0.29, 0.717) is 11.1 Å². The molecule has 0 bridgehead atoms. The second-order valence-electron chi connectivity index (χ2n) is 6.67. The maximum Gasteiger partial charge on any atom is 0.259 e. The van der Waals surface area contributed by atoms with Crippen LogP contribution in [0.4, 0.5) is 5.69 Å². The van der Waals surface area contributed by atoms with E-state index in [4.69, 9.17) is 0 Å². The van der Waals surface area contributed by atoms with Gasteiger partial charge in [-0.25, -0.2) is 0 Å². The quantitative estimate of drug-likeness (QED) is 0.633. The van der Waals surface area contributed by atoms with Gasteiger partial charge in [0.25, 0.3) is 11.8 Å². The standard InChI is InChI=1S/C20H13N3O2/c24-19-15-13-9-5-1-3-7-11(9)21-17(13)18-14(16(15)20(25)23-19)10-6-2-4-8-12(10)22-18/h1-5,7-8,11,21-22H,6H2,(H,23,24,25). The van der Waals surface area contributed by atoms with Crippen LogP contribution >= 0.6 is 0 Å². The van der Waals surface area contributed by atoms with E-state index in [9.17, 15) is 9.59 Å². The Morgan fingerprint density at radius 2 is 1.92 bits per heavy atom. The predicted octanol–water partition coefficient (Wildman–Crippen LogP) is 1.02. The number of nitrogens with one attached hydrogen (secondary N) is 3. The van der Waals surface area contributed by atoms with E-state index in [-0.39, 0.29) is 17.9 Å². The molecule has 2 amide bonds. The molecule has 1 unspecified atom stereocenters. The largest absolute Gasteiger partial charge is 0.372 e. The Kier molecular flexibility index (Phi) is 2.18. The molecule has 0 saturated carbocycles. The van der Waals surface area contributed by atoms with E-state index in [1.165, 1.54) is 0 Å². The van der Waals surface area contributed by atoms with Crippen LogP contribution in [-0.2, 0) is 6.42 Å².